The molecule has 0 aliphatic carbocycles. The minimum absolute atomic E-state index is 0.0864. The molecule has 1 fully saturated rings. The van der Waals surface area contributed by atoms with Gasteiger partial charge < -0.3 is 15.4 Å². The Morgan fingerprint density at radius 3 is 2.68 bits per heavy atom. The molecule has 1 aromatic rings. The molecule has 0 radical (unpaired) electrons. The largest absolute Gasteiger partial charge is 0.466 e. The van der Waals surface area contributed by atoms with Gasteiger partial charge in [-0.25, -0.2) is 0 Å². The van der Waals surface area contributed by atoms with E-state index in [2.05, 4.69) is 10.6 Å². The van der Waals surface area contributed by atoms with Crippen LogP contribution in [0.2, 0.25) is 15.1 Å². The van der Waals surface area contributed by atoms with E-state index in [0.717, 1.165) is 12.8 Å². The van der Waals surface area contributed by atoms with Crippen LogP contribution in [0.15, 0.2) is 12.1 Å². The molecule has 2 amide bonds. The SMILES string of the molecule is CCCCOC(=O)CC1C(=O)NCCN1CC(=O)Nc1cc(Cl)c(Cl)cc1Cl. The Bertz CT molecular complexity index is 745. The van der Waals surface area contributed by atoms with Gasteiger partial charge in [0, 0.05) is 13.1 Å². The standard InChI is InChI=1S/C18H22Cl3N3O4/c1-2-3-6-28-17(26)9-15-18(27)22-4-5-24(15)10-16(25)23-14-8-12(20)11(19)7-13(14)21/h7-8,15H,2-6,9-10H2,1H3,(H,22,27)(H,23,25). The predicted molar refractivity (Wildman–Crippen MR) is 109 cm³/mol. The third-order valence-electron chi connectivity index (χ3n) is 4.19. The minimum atomic E-state index is -0.766. The molecule has 0 saturated carbocycles. The molecule has 2 N–H and O–H groups in total. The van der Waals surface area contributed by atoms with Crippen LogP contribution in [0.1, 0.15) is 26.2 Å². The molecule has 0 aromatic heterocycles. The van der Waals surface area contributed by atoms with E-state index in [-0.39, 0.29) is 39.8 Å². The summed E-state index contributed by atoms with van der Waals surface area (Å²) in [5, 5.41) is 6.14. The van der Waals surface area contributed by atoms with E-state index < -0.39 is 12.0 Å². The second-order valence-electron chi connectivity index (χ2n) is 6.35. The van der Waals surface area contributed by atoms with Crippen LogP contribution in [-0.2, 0) is 19.1 Å². The van der Waals surface area contributed by atoms with E-state index in [0.29, 0.717) is 25.4 Å². The molecule has 0 spiro atoms. The van der Waals surface area contributed by atoms with Crippen LogP contribution in [0.25, 0.3) is 0 Å². The number of amides is 2. The molecule has 1 heterocycles. The second-order valence-corrected chi connectivity index (χ2v) is 7.57. The van der Waals surface area contributed by atoms with Crippen molar-refractivity contribution in [3.63, 3.8) is 0 Å². The summed E-state index contributed by atoms with van der Waals surface area (Å²) in [6.45, 7) is 3.04. The zero-order chi connectivity index (χ0) is 20.7. The summed E-state index contributed by atoms with van der Waals surface area (Å²) in [6.07, 6.45) is 1.55. The Morgan fingerprint density at radius 2 is 1.96 bits per heavy atom. The Hall–Kier alpha value is -1.54. The van der Waals surface area contributed by atoms with Gasteiger partial charge in [0.2, 0.25) is 11.8 Å². The molecule has 1 aromatic carbocycles. The van der Waals surface area contributed by atoms with Crippen molar-refractivity contribution in [2.45, 2.75) is 32.2 Å². The zero-order valence-electron chi connectivity index (χ0n) is 15.4. The number of carbonyl (C=O) groups is 3. The molecule has 0 bridgehead atoms. The van der Waals surface area contributed by atoms with Gasteiger partial charge in [0.25, 0.3) is 0 Å². The number of nitrogens with one attached hydrogen (secondary N) is 2. The van der Waals surface area contributed by atoms with Crippen molar-refractivity contribution in [2.24, 2.45) is 0 Å². The van der Waals surface area contributed by atoms with Gasteiger partial charge in [-0.3, -0.25) is 19.3 Å². The first-order valence-corrected chi connectivity index (χ1v) is 10.1. The van der Waals surface area contributed by atoms with Crippen LogP contribution in [0, 0.1) is 0 Å². The number of esters is 1. The second kappa shape index (κ2) is 10.9. The summed E-state index contributed by atoms with van der Waals surface area (Å²) in [4.78, 5) is 38.3. The third-order valence-corrected chi connectivity index (χ3v) is 5.23. The number of hydrogen-bond donors (Lipinski definition) is 2. The number of carbonyl (C=O) groups excluding carboxylic acids is 3. The van der Waals surface area contributed by atoms with Crippen molar-refractivity contribution in [1.29, 1.82) is 0 Å². The van der Waals surface area contributed by atoms with Crippen LogP contribution in [0.3, 0.4) is 0 Å². The first-order valence-electron chi connectivity index (χ1n) is 8.93. The van der Waals surface area contributed by atoms with Crippen LogP contribution < -0.4 is 10.6 Å². The van der Waals surface area contributed by atoms with Crippen LogP contribution in [0.4, 0.5) is 5.69 Å². The van der Waals surface area contributed by atoms with Crippen molar-refractivity contribution >= 4 is 58.3 Å². The fourth-order valence-corrected chi connectivity index (χ4v) is 3.31. The summed E-state index contributed by atoms with van der Waals surface area (Å²) < 4.78 is 5.13. The number of unbranched alkanes of at least 4 members (excludes halogenated alkanes) is 1. The predicted octanol–water partition coefficient (Wildman–Crippen LogP) is 3.12. The molecule has 1 unspecified atom stereocenters. The highest BCUT2D eigenvalue weighted by Gasteiger charge is 2.33. The van der Waals surface area contributed by atoms with Crippen LogP contribution in [0.5, 0.6) is 0 Å². The number of ether oxygens (including phenoxy) is 1. The van der Waals surface area contributed by atoms with E-state index in [1.807, 2.05) is 6.92 Å². The van der Waals surface area contributed by atoms with Gasteiger partial charge in [0.05, 0.1) is 40.3 Å². The lowest BCUT2D eigenvalue weighted by molar-refractivity contribution is -0.149. The van der Waals surface area contributed by atoms with Gasteiger partial charge in [-0.2, -0.15) is 0 Å². The lowest BCUT2D eigenvalue weighted by Crippen LogP contribution is -2.57. The molecule has 154 valence electrons. The minimum Gasteiger partial charge on any atom is -0.466 e. The number of nitrogens with zero attached hydrogens (tertiary/aromatic N) is 1. The number of hydrogen-bond acceptors (Lipinski definition) is 5. The maximum Gasteiger partial charge on any atom is 0.307 e. The van der Waals surface area contributed by atoms with Gasteiger partial charge in [0.15, 0.2) is 0 Å². The Morgan fingerprint density at radius 1 is 1.25 bits per heavy atom. The highest BCUT2D eigenvalue weighted by molar-refractivity contribution is 6.44. The van der Waals surface area contributed by atoms with Crippen LogP contribution in [-0.4, -0.2) is 55.0 Å². The fraction of sp³-hybridized carbons (Fsp3) is 0.500. The van der Waals surface area contributed by atoms with Gasteiger partial charge in [-0.1, -0.05) is 48.1 Å². The number of rotatable bonds is 8. The number of benzene rings is 1. The Balaban J connectivity index is 1.99. The molecular weight excluding hydrogens is 429 g/mol. The molecule has 1 saturated heterocycles. The van der Waals surface area contributed by atoms with Crippen molar-refractivity contribution in [3.05, 3.63) is 27.2 Å². The molecule has 1 aliphatic rings. The molecule has 1 aliphatic heterocycles. The highest BCUT2D eigenvalue weighted by Crippen LogP contribution is 2.32. The summed E-state index contributed by atoms with van der Waals surface area (Å²) in [6, 6.07) is 2.12. The van der Waals surface area contributed by atoms with Crippen molar-refractivity contribution in [3.8, 4) is 0 Å². The summed E-state index contributed by atoms with van der Waals surface area (Å²) >= 11 is 17.9. The maximum atomic E-state index is 12.4. The van der Waals surface area contributed by atoms with E-state index in [1.165, 1.54) is 12.1 Å². The smallest absolute Gasteiger partial charge is 0.307 e. The molecule has 7 nitrogen and oxygen atoms in total. The summed E-state index contributed by atoms with van der Waals surface area (Å²) in [7, 11) is 0. The van der Waals surface area contributed by atoms with Gasteiger partial charge in [-0.15, -0.1) is 0 Å². The number of piperazine rings is 1. The van der Waals surface area contributed by atoms with Gasteiger partial charge >= 0.3 is 5.97 Å². The van der Waals surface area contributed by atoms with E-state index in [9.17, 15) is 14.4 Å². The summed E-state index contributed by atoms with van der Waals surface area (Å²) in [5.41, 5.74) is 0.318. The first kappa shape index (κ1) is 22.7. The first-order chi connectivity index (χ1) is 13.3. The molecule has 2 rings (SSSR count). The lowest BCUT2D eigenvalue weighted by atomic mass is 10.1. The van der Waals surface area contributed by atoms with Crippen LogP contribution >= 0.6 is 34.8 Å². The quantitative estimate of drug-likeness (QED) is 0.361. The van der Waals surface area contributed by atoms with E-state index >= 15 is 0 Å². The average molecular weight is 451 g/mol. The Kier molecular flexibility index (Phi) is 8.82. The topological polar surface area (TPSA) is 87.7 Å². The zero-order valence-corrected chi connectivity index (χ0v) is 17.7. The normalized spacial score (nSPS) is 17.1. The number of anilines is 1. The third kappa shape index (κ3) is 6.51. The molecular formula is C18H22Cl3N3O4. The van der Waals surface area contributed by atoms with Gasteiger partial charge in [0.1, 0.15) is 6.04 Å². The van der Waals surface area contributed by atoms with E-state index in [4.69, 9.17) is 39.5 Å². The van der Waals surface area contributed by atoms with Gasteiger partial charge in [-0.05, 0) is 18.6 Å². The molecule has 1 atom stereocenters. The number of halogens is 3. The average Bonchev–Trinajstić information content (AvgIpc) is 2.63. The van der Waals surface area contributed by atoms with Crippen molar-refractivity contribution in [1.82, 2.24) is 10.2 Å². The summed E-state index contributed by atoms with van der Waals surface area (Å²) in [5.74, 6) is -1.16. The Labute approximate surface area is 178 Å². The fourth-order valence-electron chi connectivity index (χ4n) is 2.71. The molecule has 10 heteroatoms. The monoisotopic (exact) mass is 449 g/mol. The lowest BCUT2D eigenvalue weighted by Gasteiger charge is -2.33. The highest BCUT2D eigenvalue weighted by atomic mass is 35.5. The molecule has 28 heavy (non-hydrogen) atoms. The maximum absolute atomic E-state index is 12.4. The van der Waals surface area contributed by atoms with E-state index in [1.54, 1.807) is 4.90 Å². The van der Waals surface area contributed by atoms with Crippen molar-refractivity contribution < 1.29 is 19.1 Å². The van der Waals surface area contributed by atoms with Crippen molar-refractivity contribution in [2.75, 3.05) is 31.6 Å².